The third kappa shape index (κ3) is 4.81. The van der Waals surface area contributed by atoms with E-state index in [1.165, 1.54) is 0 Å². The summed E-state index contributed by atoms with van der Waals surface area (Å²) >= 11 is 6.09. The van der Waals surface area contributed by atoms with E-state index in [0.29, 0.717) is 24.5 Å². The minimum Gasteiger partial charge on any atom is -0.455 e. The molecule has 0 aliphatic carbocycles. The molecule has 1 aliphatic heterocycles. The summed E-state index contributed by atoms with van der Waals surface area (Å²) in [7, 11) is 0. The largest absolute Gasteiger partial charge is 0.455 e. The molecule has 1 fully saturated rings. The van der Waals surface area contributed by atoms with Crippen LogP contribution in [0.25, 0.3) is 0 Å². The van der Waals surface area contributed by atoms with Crippen molar-refractivity contribution < 1.29 is 9.53 Å². The average Bonchev–Trinajstić information content (AvgIpc) is 2.76. The van der Waals surface area contributed by atoms with Gasteiger partial charge in [-0.3, -0.25) is 0 Å². The average molecular weight is 408 g/mol. The number of nitrogens with one attached hydrogen (secondary N) is 1. The molecule has 3 aromatic carbocycles. The molecule has 4 rings (SSSR count). The highest BCUT2D eigenvalue weighted by molar-refractivity contribution is 6.30. The molecule has 1 aliphatic rings. The molecule has 1 saturated heterocycles. The number of hydrogen-bond acceptors (Lipinski definition) is 3. The number of rotatable bonds is 4. The summed E-state index contributed by atoms with van der Waals surface area (Å²) in [6.07, 6.45) is 0. The summed E-state index contributed by atoms with van der Waals surface area (Å²) < 4.78 is 5.93. The van der Waals surface area contributed by atoms with Crippen molar-refractivity contribution >= 4 is 29.0 Å². The van der Waals surface area contributed by atoms with E-state index in [1.807, 2.05) is 83.8 Å². The Hall–Kier alpha value is -3.18. The van der Waals surface area contributed by atoms with Gasteiger partial charge in [-0.15, -0.1) is 0 Å². The van der Waals surface area contributed by atoms with E-state index < -0.39 is 0 Å². The Balaban J connectivity index is 1.38. The molecular weight excluding hydrogens is 386 g/mol. The lowest BCUT2D eigenvalue weighted by atomic mass is 10.2. The molecule has 0 atom stereocenters. The van der Waals surface area contributed by atoms with Crippen molar-refractivity contribution in [3.63, 3.8) is 0 Å². The van der Waals surface area contributed by atoms with E-state index in [1.54, 1.807) is 0 Å². The summed E-state index contributed by atoms with van der Waals surface area (Å²) in [6.45, 7) is 2.80. The van der Waals surface area contributed by atoms with E-state index in [9.17, 15) is 4.79 Å². The standard InChI is InChI=1S/C23H22ClN3O2/c24-18-7-6-8-19(17-18)26-13-15-27(16-14-26)23(28)25-21-11-4-5-12-22(21)29-20-9-2-1-3-10-20/h1-12,17H,13-16H2,(H,25,28). The molecule has 6 heteroatoms. The lowest BCUT2D eigenvalue weighted by Gasteiger charge is -2.36. The smallest absolute Gasteiger partial charge is 0.322 e. The van der Waals surface area contributed by atoms with Crippen LogP contribution in [0.2, 0.25) is 5.02 Å². The van der Waals surface area contributed by atoms with Gasteiger partial charge >= 0.3 is 6.03 Å². The van der Waals surface area contributed by atoms with Crippen LogP contribution in [-0.2, 0) is 0 Å². The van der Waals surface area contributed by atoms with Crippen molar-refractivity contribution in [2.24, 2.45) is 0 Å². The fourth-order valence-electron chi connectivity index (χ4n) is 3.31. The number of halogens is 1. The van der Waals surface area contributed by atoms with Gasteiger partial charge < -0.3 is 19.9 Å². The van der Waals surface area contributed by atoms with Crippen LogP contribution in [0.4, 0.5) is 16.2 Å². The van der Waals surface area contributed by atoms with Gasteiger partial charge in [-0.25, -0.2) is 4.79 Å². The first-order valence-corrected chi connectivity index (χ1v) is 9.95. The summed E-state index contributed by atoms with van der Waals surface area (Å²) in [5.74, 6) is 1.34. The second-order valence-corrected chi connectivity index (χ2v) is 7.23. The maximum absolute atomic E-state index is 12.8. The van der Waals surface area contributed by atoms with Crippen LogP contribution in [-0.4, -0.2) is 37.1 Å². The van der Waals surface area contributed by atoms with Crippen LogP contribution in [0.15, 0.2) is 78.9 Å². The van der Waals surface area contributed by atoms with Gasteiger partial charge in [-0.05, 0) is 42.5 Å². The predicted molar refractivity (Wildman–Crippen MR) is 117 cm³/mol. The van der Waals surface area contributed by atoms with E-state index in [2.05, 4.69) is 10.2 Å². The van der Waals surface area contributed by atoms with Crippen LogP contribution >= 0.6 is 11.6 Å². The number of benzene rings is 3. The highest BCUT2D eigenvalue weighted by Crippen LogP contribution is 2.29. The van der Waals surface area contributed by atoms with Crippen LogP contribution in [0, 0.1) is 0 Å². The Morgan fingerprint density at radius 2 is 1.59 bits per heavy atom. The Morgan fingerprint density at radius 3 is 2.34 bits per heavy atom. The lowest BCUT2D eigenvalue weighted by Crippen LogP contribution is -2.50. The topological polar surface area (TPSA) is 44.8 Å². The Labute approximate surface area is 175 Å². The van der Waals surface area contributed by atoms with Crippen molar-refractivity contribution in [1.29, 1.82) is 0 Å². The molecule has 1 N–H and O–H groups in total. The predicted octanol–water partition coefficient (Wildman–Crippen LogP) is 5.49. The molecule has 0 radical (unpaired) electrons. The molecule has 0 aromatic heterocycles. The third-order valence-electron chi connectivity index (χ3n) is 4.84. The van der Waals surface area contributed by atoms with Crippen molar-refractivity contribution in [2.45, 2.75) is 0 Å². The zero-order chi connectivity index (χ0) is 20.1. The van der Waals surface area contributed by atoms with Crippen molar-refractivity contribution in [3.8, 4) is 11.5 Å². The molecular formula is C23H22ClN3O2. The number of hydrogen-bond donors (Lipinski definition) is 1. The molecule has 0 spiro atoms. The molecule has 148 valence electrons. The van der Waals surface area contributed by atoms with Gasteiger partial charge in [0.2, 0.25) is 0 Å². The quantitative estimate of drug-likeness (QED) is 0.622. The van der Waals surface area contributed by atoms with Gasteiger partial charge in [-0.2, -0.15) is 0 Å². The highest BCUT2D eigenvalue weighted by atomic mass is 35.5. The van der Waals surface area contributed by atoms with Crippen molar-refractivity contribution in [2.75, 3.05) is 36.4 Å². The number of ether oxygens (including phenoxy) is 1. The van der Waals surface area contributed by atoms with Gasteiger partial charge in [0.05, 0.1) is 5.69 Å². The normalized spacial score (nSPS) is 13.8. The number of carbonyl (C=O) groups excluding carboxylic acids is 1. The number of anilines is 2. The van der Waals surface area contributed by atoms with Crippen LogP contribution in [0.3, 0.4) is 0 Å². The second-order valence-electron chi connectivity index (χ2n) is 6.80. The summed E-state index contributed by atoms with van der Waals surface area (Å²) in [4.78, 5) is 16.8. The fourth-order valence-corrected chi connectivity index (χ4v) is 3.49. The van der Waals surface area contributed by atoms with Gasteiger partial charge in [0.15, 0.2) is 5.75 Å². The molecule has 5 nitrogen and oxygen atoms in total. The number of piperazine rings is 1. The van der Waals surface area contributed by atoms with Crippen LogP contribution < -0.4 is 15.0 Å². The van der Waals surface area contributed by atoms with Gasteiger partial charge in [-0.1, -0.05) is 48.0 Å². The van der Waals surface area contributed by atoms with Gasteiger partial charge in [0.25, 0.3) is 0 Å². The second kappa shape index (κ2) is 8.88. The molecule has 1 heterocycles. The Kier molecular flexibility index (Phi) is 5.86. The lowest BCUT2D eigenvalue weighted by molar-refractivity contribution is 0.208. The highest BCUT2D eigenvalue weighted by Gasteiger charge is 2.22. The number of carbonyl (C=O) groups is 1. The minimum absolute atomic E-state index is 0.125. The number of nitrogens with zero attached hydrogens (tertiary/aromatic N) is 2. The Morgan fingerprint density at radius 1 is 0.862 bits per heavy atom. The summed E-state index contributed by atoms with van der Waals surface area (Å²) in [5.41, 5.74) is 1.73. The van der Waals surface area contributed by atoms with Crippen LogP contribution in [0.5, 0.6) is 11.5 Å². The van der Waals surface area contributed by atoms with Gasteiger partial charge in [0.1, 0.15) is 5.75 Å². The fraction of sp³-hybridized carbons (Fsp3) is 0.174. The number of amides is 2. The maximum atomic E-state index is 12.8. The van der Waals surface area contributed by atoms with Crippen molar-refractivity contribution in [1.82, 2.24) is 4.90 Å². The summed E-state index contributed by atoms with van der Waals surface area (Å²) in [6, 6.07) is 24.7. The molecule has 0 saturated carbocycles. The zero-order valence-corrected chi connectivity index (χ0v) is 16.7. The van der Waals surface area contributed by atoms with E-state index >= 15 is 0 Å². The first-order valence-electron chi connectivity index (χ1n) is 9.57. The monoisotopic (exact) mass is 407 g/mol. The minimum atomic E-state index is -0.125. The van der Waals surface area contributed by atoms with Crippen LogP contribution in [0.1, 0.15) is 0 Å². The van der Waals surface area contributed by atoms with Gasteiger partial charge in [0, 0.05) is 36.9 Å². The first kappa shape index (κ1) is 19.2. The molecule has 3 aromatic rings. The van der Waals surface area contributed by atoms with E-state index in [0.717, 1.165) is 29.5 Å². The molecule has 2 amide bonds. The van der Waals surface area contributed by atoms with E-state index in [4.69, 9.17) is 16.3 Å². The van der Waals surface area contributed by atoms with Crippen molar-refractivity contribution in [3.05, 3.63) is 83.9 Å². The SMILES string of the molecule is O=C(Nc1ccccc1Oc1ccccc1)N1CCN(c2cccc(Cl)c2)CC1. The number of urea groups is 1. The molecule has 29 heavy (non-hydrogen) atoms. The third-order valence-corrected chi connectivity index (χ3v) is 5.08. The van der Waals surface area contributed by atoms with E-state index in [-0.39, 0.29) is 6.03 Å². The zero-order valence-electron chi connectivity index (χ0n) is 15.9. The maximum Gasteiger partial charge on any atom is 0.322 e. The molecule has 0 unspecified atom stereocenters. The molecule has 0 bridgehead atoms. The first-order chi connectivity index (χ1) is 14.2. The summed E-state index contributed by atoms with van der Waals surface area (Å²) in [5, 5.41) is 3.71. The number of para-hydroxylation sites is 3. The Bertz CT molecular complexity index is 973.